The minimum Gasteiger partial charge on any atom is -0.326 e. The van der Waals surface area contributed by atoms with Crippen molar-refractivity contribution in [1.29, 1.82) is 0 Å². The van der Waals surface area contributed by atoms with Crippen LogP contribution in [0.2, 0.25) is 0 Å². The molecular weight excluding hydrogens is 208 g/mol. The van der Waals surface area contributed by atoms with E-state index in [2.05, 4.69) is 9.97 Å². The van der Waals surface area contributed by atoms with E-state index in [0.29, 0.717) is 31.0 Å². The summed E-state index contributed by atoms with van der Waals surface area (Å²) in [6, 6.07) is 1.26. The van der Waals surface area contributed by atoms with Gasteiger partial charge in [0.2, 0.25) is 11.9 Å². The van der Waals surface area contributed by atoms with E-state index in [9.17, 15) is 9.59 Å². The fourth-order valence-corrected chi connectivity index (χ4v) is 1.74. The number of rotatable bonds is 2. The van der Waals surface area contributed by atoms with E-state index in [0.717, 1.165) is 0 Å². The van der Waals surface area contributed by atoms with Gasteiger partial charge in [-0.3, -0.25) is 19.5 Å². The Balaban J connectivity index is 2.37. The predicted molar refractivity (Wildman–Crippen MR) is 59.2 cm³/mol. The first-order valence-corrected chi connectivity index (χ1v) is 5.26. The van der Waals surface area contributed by atoms with E-state index in [-0.39, 0.29) is 17.5 Å². The van der Waals surface area contributed by atoms with E-state index >= 15 is 0 Å². The predicted octanol–water partition coefficient (Wildman–Crippen LogP) is -0.604. The van der Waals surface area contributed by atoms with Gasteiger partial charge in [-0.25, -0.2) is 4.98 Å². The normalized spacial score (nSPS) is 20.5. The lowest BCUT2D eigenvalue weighted by atomic mass is 10.3. The highest BCUT2D eigenvalue weighted by atomic mass is 16.2. The number of H-pyrrole nitrogens is 1. The molecule has 1 atom stereocenters. The van der Waals surface area contributed by atoms with Gasteiger partial charge in [-0.1, -0.05) is 6.92 Å². The van der Waals surface area contributed by atoms with Crippen LogP contribution in [0.1, 0.15) is 19.0 Å². The summed E-state index contributed by atoms with van der Waals surface area (Å²) in [7, 11) is 0. The quantitative estimate of drug-likeness (QED) is 0.698. The third-order valence-corrected chi connectivity index (χ3v) is 2.56. The molecule has 0 saturated carbocycles. The van der Waals surface area contributed by atoms with Crippen LogP contribution >= 0.6 is 0 Å². The molecule has 1 fully saturated rings. The maximum absolute atomic E-state index is 11.6. The molecule has 6 heteroatoms. The highest BCUT2D eigenvalue weighted by molar-refractivity contribution is 5.94. The summed E-state index contributed by atoms with van der Waals surface area (Å²) in [6.45, 7) is 2.32. The molecule has 1 aliphatic heterocycles. The maximum Gasteiger partial charge on any atom is 0.252 e. The molecule has 1 aromatic rings. The number of aryl methyl sites for hydroxylation is 1. The van der Waals surface area contributed by atoms with Gasteiger partial charge in [0, 0.05) is 30.8 Å². The molecular formula is C10H14N4O2. The first-order chi connectivity index (χ1) is 7.60. The first-order valence-electron chi connectivity index (χ1n) is 5.26. The van der Waals surface area contributed by atoms with E-state index < -0.39 is 0 Å². The van der Waals surface area contributed by atoms with Crippen molar-refractivity contribution in [2.45, 2.75) is 25.8 Å². The van der Waals surface area contributed by atoms with Crippen molar-refractivity contribution in [3.63, 3.8) is 0 Å². The van der Waals surface area contributed by atoms with Crippen LogP contribution < -0.4 is 16.2 Å². The third kappa shape index (κ3) is 1.96. The van der Waals surface area contributed by atoms with Crippen molar-refractivity contribution < 1.29 is 4.79 Å². The summed E-state index contributed by atoms with van der Waals surface area (Å²) in [5.41, 5.74) is 6.11. The molecule has 0 aromatic carbocycles. The molecule has 0 bridgehead atoms. The van der Waals surface area contributed by atoms with Crippen LogP contribution in [0, 0.1) is 0 Å². The Labute approximate surface area is 92.5 Å². The zero-order valence-electron chi connectivity index (χ0n) is 9.06. The van der Waals surface area contributed by atoms with Crippen LogP contribution in [-0.2, 0) is 11.2 Å². The minimum atomic E-state index is -0.241. The average molecular weight is 222 g/mol. The van der Waals surface area contributed by atoms with Crippen molar-refractivity contribution in [3.8, 4) is 0 Å². The molecule has 1 amide bonds. The summed E-state index contributed by atoms with van der Waals surface area (Å²) in [5.74, 6) is 0.214. The number of hydrogen-bond acceptors (Lipinski definition) is 4. The number of amides is 1. The average Bonchev–Trinajstić information content (AvgIpc) is 2.57. The summed E-state index contributed by atoms with van der Waals surface area (Å²) < 4.78 is 0. The first kappa shape index (κ1) is 10.8. The Kier molecular flexibility index (Phi) is 2.74. The molecule has 0 aliphatic carbocycles. The van der Waals surface area contributed by atoms with Gasteiger partial charge in [-0.2, -0.15) is 0 Å². The molecule has 0 spiro atoms. The molecule has 1 unspecified atom stereocenters. The van der Waals surface area contributed by atoms with E-state index in [1.54, 1.807) is 0 Å². The second kappa shape index (κ2) is 4.05. The van der Waals surface area contributed by atoms with Crippen LogP contribution in [0.5, 0.6) is 0 Å². The van der Waals surface area contributed by atoms with Crippen LogP contribution in [0.4, 0.5) is 5.95 Å². The van der Waals surface area contributed by atoms with Crippen molar-refractivity contribution in [2.75, 3.05) is 11.4 Å². The second-order valence-electron chi connectivity index (χ2n) is 3.88. The van der Waals surface area contributed by atoms with Gasteiger partial charge in [0.05, 0.1) is 0 Å². The van der Waals surface area contributed by atoms with Gasteiger partial charge >= 0.3 is 0 Å². The minimum absolute atomic E-state index is 0.0936. The molecule has 16 heavy (non-hydrogen) atoms. The summed E-state index contributed by atoms with van der Waals surface area (Å²) in [5, 5.41) is 0. The highest BCUT2D eigenvalue weighted by Gasteiger charge is 2.29. The zero-order valence-corrected chi connectivity index (χ0v) is 9.06. The van der Waals surface area contributed by atoms with Crippen LogP contribution in [0.25, 0.3) is 0 Å². The molecule has 1 aliphatic rings. The lowest BCUT2D eigenvalue weighted by Crippen LogP contribution is -2.31. The molecule has 2 heterocycles. The van der Waals surface area contributed by atoms with Crippen LogP contribution in [0.3, 0.4) is 0 Å². The summed E-state index contributed by atoms with van der Waals surface area (Å²) in [4.78, 5) is 31.1. The Morgan fingerprint density at radius 2 is 2.38 bits per heavy atom. The van der Waals surface area contributed by atoms with Crippen molar-refractivity contribution in [2.24, 2.45) is 5.73 Å². The second-order valence-corrected chi connectivity index (χ2v) is 3.88. The third-order valence-electron chi connectivity index (χ3n) is 2.56. The smallest absolute Gasteiger partial charge is 0.252 e. The lowest BCUT2D eigenvalue weighted by Gasteiger charge is -2.14. The number of hydrogen-bond donors (Lipinski definition) is 2. The summed E-state index contributed by atoms with van der Waals surface area (Å²) >= 11 is 0. The van der Waals surface area contributed by atoms with Gasteiger partial charge in [0.25, 0.3) is 5.56 Å². The molecule has 6 nitrogen and oxygen atoms in total. The highest BCUT2D eigenvalue weighted by Crippen LogP contribution is 2.15. The number of anilines is 1. The zero-order chi connectivity index (χ0) is 11.7. The Morgan fingerprint density at radius 1 is 1.62 bits per heavy atom. The van der Waals surface area contributed by atoms with Gasteiger partial charge in [-0.15, -0.1) is 0 Å². The maximum atomic E-state index is 11.6. The standard InChI is InChI=1S/C10H14N4O2/c1-2-7-4-8(15)13-10(12-7)14-5-6(11)3-9(14)16/h4,6H,2-3,5,11H2,1H3,(H,12,13,15). The number of nitrogens with two attached hydrogens (primary N) is 1. The van der Waals surface area contributed by atoms with Gasteiger partial charge < -0.3 is 5.73 Å². The molecule has 0 radical (unpaired) electrons. The number of aromatic nitrogens is 2. The Bertz CT molecular complexity index is 468. The topological polar surface area (TPSA) is 92.1 Å². The van der Waals surface area contributed by atoms with Crippen LogP contribution in [-0.4, -0.2) is 28.5 Å². The SMILES string of the molecule is CCc1cc(=O)[nH]c(N2CC(N)CC2=O)n1. The van der Waals surface area contributed by atoms with Gasteiger partial charge in [-0.05, 0) is 6.42 Å². The molecule has 1 saturated heterocycles. The number of carbonyl (C=O) groups excluding carboxylic acids is 1. The molecule has 86 valence electrons. The van der Waals surface area contributed by atoms with Gasteiger partial charge in [0.1, 0.15) is 0 Å². The van der Waals surface area contributed by atoms with E-state index in [4.69, 9.17) is 5.73 Å². The monoisotopic (exact) mass is 222 g/mol. The number of nitrogens with one attached hydrogen (secondary N) is 1. The number of aromatic amines is 1. The van der Waals surface area contributed by atoms with E-state index in [1.165, 1.54) is 11.0 Å². The van der Waals surface area contributed by atoms with Crippen molar-refractivity contribution >= 4 is 11.9 Å². The van der Waals surface area contributed by atoms with Crippen molar-refractivity contribution in [1.82, 2.24) is 9.97 Å². The van der Waals surface area contributed by atoms with E-state index in [1.807, 2.05) is 6.92 Å². The van der Waals surface area contributed by atoms with Gasteiger partial charge in [0.15, 0.2) is 0 Å². The van der Waals surface area contributed by atoms with Crippen molar-refractivity contribution in [3.05, 3.63) is 22.1 Å². The fourth-order valence-electron chi connectivity index (χ4n) is 1.74. The Morgan fingerprint density at radius 3 is 2.94 bits per heavy atom. The fraction of sp³-hybridized carbons (Fsp3) is 0.500. The molecule has 2 rings (SSSR count). The Hall–Kier alpha value is -1.69. The largest absolute Gasteiger partial charge is 0.326 e. The number of carbonyl (C=O) groups is 1. The number of nitrogens with zero attached hydrogens (tertiary/aromatic N) is 2. The molecule has 3 N–H and O–H groups in total. The van der Waals surface area contributed by atoms with Crippen LogP contribution in [0.15, 0.2) is 10.9 Å². The lowest BCUT2D eigenvalue weighted by molar-refractivity contribution is -0.117. The summed E-state index contributed by atoms with van der Waals surface area (Å²) in [6.07, 6.45) is 0.963. The molecule has 1 aromatic heterocycles.